The smallest absolute Gasteiger partial charge is 0.227 e. The van der Waals surface area contributed by atoms with Crippen LogP contribution in [-0.2, 0) is 0 Å². The minimum atomic E-state index is 0.827. The molecule has 5 heteroatoms. The summed E-state index contributed by atoms with van der Waals surface area (Å²) in [4.78, 5) is 14.0. The molecule has 1 aromatic carbocycles. The Hall–Kier alpha value is -2.14. The van der Waals surface area contributed by atoms with Gasteiger partial charge in [-0.15, -0.1) is 0 Å². The zero-order valence-corrected chi connectivity index (χ0v) is 15.3. The summed E-state index contributed by atoms with van der Waals surface area (Å²) < 4.78 is 0. The Morgan fingerprint density at radius 3 is 2.12 bits per heavy atom. The fourth-order valence-corrected chi connectivity index (χ4v) is 3.27. The highest BCUT2D eigenvalue weighted by Gasteiger charge is 2.17. The molecule has 24 heavy (non-hydrogen) atoms. The van der Waals surface area contributed by atoms with Gasteiger partial charge >= 0.3 is 0 Å². The summed E-state index contributed by atoms with van der Waals surface area (Å²) in [5.41, 5.74) is 5.90. The van der Waals surface area contributed by atoms with Gasteiger partial charge in [0.05, 0.1) is 0 Å². The monoisotopic (exact) mass is 325 g/mol. The molecule has 0 saturated carbocycles. The molecule has 1 aliphatic heterocycles. The molecule has 3 rings (SSSR count). The lowest BCUT2D eigenvalue weighted by atomic mass is 10.1. The highest BCUT2D eigenvalue weighted by Crippen LogP contribution is 2.26. The zero-order chi connectivity index (χ0) is 17.3. The van der Waals surface area contributed by atoms with Crippen LogP contribution in [0.3, 0.4) is 0 Å². The third-order valence-corrected chi connectivity index (χ3v) is 4.56. The van der Waals surface area contributed by atoms with Gasteiger partial charge in [-0.05, 0) is 45.9 Å². The number of anilines is 3. The van der Waals surface area contributed by atoms with Gasteiger partial charge in [0.1, 0.15) is 5.82 Å². The van der Waals surface area contributed by atoms with Crippen molar-refractivity contribution in [2.75, 3.05) is 43.4 Å². The number of hydrogen-bond acceptors (Lipinski definition) is 5. The van der Waals surface area contributed by atoms with Crippen LogP contribution in [0.15, 0.2) is 18.2 Å². The largest absolute Gasteiger partial charge is 0.340 e. The molecular formula is C19H27N5. The molecule has 1 N–H and O–H groups in total. The first-order valence-electron chi connectivity index (χ1n) is 8.56. The van der Waals surface area contributed by atoms with Crippen molar-refractivity contribution in [1.82, 2.24) is 14.9 Å². The Bertz CT molecular complexity index is 710. The predicted octanol–water partition coefficient (Wildman–Crippen LogP) is 3.21. The zero-order valence-electron chi connectivity index (χ0n) is 15.3. The standard InChI is InChI=1S/C19H27N5/c1-13-10-14(2)18(15(3)11-13)21-17-12-16(4)20-19(22-17)24-8-6-23(5)7-9-24/h10-12H,6-9H2,1-5H3,(H,20,21,22). The number of likely N-dealkylation sites (N-methyl/N-ethyl adjacent to an activating group) is 1. The van der Waals surface area contributed by atoms with Crippen LogP contribution in [0.2, 0.25) is 0 Å². The van der Waals surface area contributed by atoms with Crippen LogP contribution in [0.1, 0.15) is 22.4 Å². The van der Waals surface area contributed by atoms with Crippen LogP contribution in [0, 0.1) is 27.7 Å². The van der Waals surface area contributed by atoms with Crippen molar-refractivity contribution in [1.29, 1.82) is 0 Å². The maximum Gasteiger partial charge on any atom is 0.227 e. The van der Waals surface area contributed by atoms with E-state index in [1.165, 1.54) is 16.7 Å². The van der Waals surface area contributed by atoms with E-state index in [1.54, 1.807) is 0 Å². The molecule has 0 aliphatic carbocycles. The molecule has 1 aromatic heterocycles. The van der Waals surface area contributed by atoms with Crippen LogP contribution < -0.4 is 10.2 Å². The topological polar surface area (TPSA) is 44.3 Å². The summed E-state index contributed by atoms with van der Waals surface area (Å²) >= 11 is 0. The van der Waals surface area contributed by atoms with Gasteiger partial charge in [-0.3, -0.25) is 0 Å². The van der Waals surface area contributed by atoms with Gasteiger partial charge in [0.25, 0.3) is 0 Å². The second-order valence-corrected chi connectivity index (χ2v) is 6.88. The van der Waals surface area contributed by atoms with Crippen LogP contribution in [-0.4, -0.2) is 48.1 Å². The van der Waals surface area contributed by atoms with Crippen molar-refractivity contribution < 1.29 is 0 Å². The first kappa shape index (κ1) is 16.7. The Morgan fingerprint density at radius 1 is 0.875 bits per heavy atom. The quantitative estimate of drug-likeness (QED) is 0.939. The highest BCUT2D eigenvalue weighted by molar-refractivity contribution is 5.66. The van der Waals surface area contributed by atoms with Crippen molar-refractivity contribution in [3.05, 3.63) is 40.6 Å². The predicted molar refractivity (Wildman–Crippen MR) is 100 cm³/mol. The lowest BCUT2D eigenvalue weighted by molar-refractivity contribution is 0.311. The molecule has 2 heterocycles. The van der Waals surface area contributed by atoms with Crippen molar-refractivity contribution in [2.45, 2.75) is 27.7 Å². The maximum atomic E-state index is 4.77. The summed E-state index contributed by atoms with van der Waals surface area (Å²) in [7, 11) is 2.16. The van der Waals surface area contributed by atoms with Crippen molar-refractivity contribution >= 4 is 17.5 Å². The molecule has 0 radical (unpaired) electrons. The SMILES string of the molecule is Cc1cc(C)c(Nc2cc(C)nc(N3CCN(C)CC3)n2)c(C)c1. The van der Waals surface area contributed by atoms with Gasteiger partial charge in [-0.1, -0.05) is 17.7 Å². The van der Waals surface area contributed by atoms with Gasteiger partial charge in [0, 0.05) is 43.6 Å². The number of aryl methyl sites for hydroxylation is 4. The fourth-order valence-electron chi connectivity index (χ4n) is 3.27. The summed E-state index contributed by atoms with van der Waals surface area (Å²) in [6.07, 6.45) is 0. The lowest BCUT2D eigenvalue weighted by Crippen LogP contribution is -2.45. The van der Waals surface area contributed by atoms with E-state index < -0.39 is 0 Å². The molecule has 0 bridgehead atoms. The van der Waals surface area contributed by atoms with E-state index in [0.717, 1.165) is 49.3 Å². The van der Waals surface area contributed by atoms with Gasteiger partial charge < -0.3 is 15.1 Å². The molecule has 1 aliphatic rings. The summed E-state index contributed by atoms with van der Waals surface area (Å²) in [6, 6.07) is 6.41. The van der Waals surface area contributed by atoms with E-state index >= 15 is 0 Å². The second kappa shape index (κ2) is 6.77. The Labute approximate surface area is 144 Å². The van der Waals surface area contributed by atoms with E-state index in [4.69, 9.17) is 4.98 Å². The Balaban J connectivity index is 1.87. The van der Waals surface area contributed by atoms with Crippen LogP contribution in [0.25, 0.3) is 0 Å². The first-order valence-corrected chi connectivity index (χ1v) is 8.56. The van der Waals surface area contributed by atoms with Gasteiger partial charge in [0.2, 0.25) is 5.95 Å². The maximum absolute atomic E-state index is 4.77. The number of hydrogen-bond donors (Lipinski definition) is 1. The fraction of sp³-hybridized carbons (Fsp3) is 0.474. The molecular weight excluding hydrogens is 298 g/mol. The average Bonchev–Trinajstić information content (AvgIpc) is 2.51. The van der Waals surface area contributed by atoms with E-state index in [2.05, 4.69) is 60.1 Å². The molecule has 1 saturated heterocycles. The molecule has 0 spiro atoms. The molecule has 128 valence electrons. The van der Waals surface area contributed by atoms with Gasteiger partial charge in [-0.25, -0.2) is 4.98 Å². The van der Waals surface area contributed by atoms with Crippen LogP contribution in [0.4, 0.5) is 17.5 Å². The number of nitrogens with one attached hydrogen (secondary N) is 1. The lowest BCUT2D eigenvalue weighted by Gasteiger charge is -2.32. The number of rotatable bonds is 3. The summed E-state index contributed by atoms with van der Waals surface area (Å²) in [5, 5.41) is 3.51. The normalized spacial score (nSPS) is 15.6. The summed E-state index contributed by atoms with van der Waals surface area (Å²) in [5.74, 6) is 1.69. The van der Waals surface area contributed by atoms with E-state index in [-0.39, 0.29) is 0 Å². The molecule has 5 nitrogen and oxygen atoms in total. The number of aromatic nitrogens is 2. The molecule has 0 atom stereocenters. The van der Waals surface area contributed by atoms with E-state index in [1.807, 2.05) is 13.0 Å². The molecule has 1 fully saturated rings. The van der Waals surface area contributed by atoms with E-state index in [0.29, 0.717) is 0 Å². The molecule has 0 unspecified atom stereocenters. The summed E-state index contributed by atoms with van der Waals surface area (Å²) in [6.45, 7) is 12.5. The number of piperazine rings is 1. The minimum absolute atomic E-state index is 0.827. The molecule has 0 amide bonds. The Kier molecular flexibility index (Phi) is 4.71. The average molecular weight is 325 g/mol. The van der Waals surface area contributed by atoms with Crippen molar-refractivity contribution in [3.63, 3.8) is 0 Å². The Morgan fingerprint density at radius 2 is 1.50 bits per heavy atom. The van der Waals surface area contributed by atoms with Gasteiger partial charge in [-0.2, -0.15) is 4.98 Å². The van der Waals surface area contributed by atoms with Crippen molar-refractivity contribution in [3.8, 4) is 0 Å². The number of nitrogens with zero attached hydrogens (tertiary/aromatic N) is 4. The van der Waals surface area contributed by atoms with Crippen LogP contribution >= 0.6 is 0 Å². The van der Waals surface area contributed by atoms with E-state index in [9.17, 15) is 0 Å². The molecule has 2 aromatic rings. The third-order valence-electron chi connectivity index (χ3n) is 4.56. The number of benzene rings is 1. The third kappa shape index (κ3) is 3.67. The van der Waals surface area contributed by atoms with Crippen molar-refractivity contribution in [2.24, 2.45) is 0 Å². The van der Waals surface area contributed by atoms with Crippen LogP contribution in [0.5, 0.6) is 0 Å². The second-order valence-electron chi connectivity index (χ2n) is 6.88. The highest BCUT2D eigenvalue weighted by atomic mass is 15.3. The minimum Gasteiger partial charge on any atom is -0.340 e. The van der Waals surface area contributed by atoms with Gasteiger partial charge in [0.15, 0.2) is 0 Å². The first-order chi connectivity index (χ1) is 11.4.